The highest BCUT2D eigenvalue weighted by molar-refractivity contribution is 5.02. The predicted octanol–water partition coefficient (Wildman–Crippen LogP) is 8.54. The molecule has 146 valence electrons. The van der Waals surface area contributed by atoms with Gasteiger partial charge >= 0.3 is 0 Å². The zero-order valence-electron chi connectivity index (χ0n) is 17.5. The molecular weight excluding hydrogens is 300 g/mol. The van der Waals surface area contributed by atoms with E-state index in [1.54, 1.807) is 38.5 Å². The Balaban J connectivity index is 1.93. The summed E-state index contributed by atoms with van der Waals surface area (Å²) >= 11 is 0. The minimum absolute atomic E-state index is 0.719. The van der Waals surface area contributed by atoms with Crippen LogP contribution in [-0.2, 0) is 0 Å². The molecule has 0 aromatic carbocycles. The lowest BCUT2D eigenvalue weighted by atomic mass is 9.46. The van der Waals surface area contributed by atoms with E-state index in [1.165, 1.54) is 77.0 Å². The maximum absolute atomic E-state index is 2.72. The van der Waals surface area contributed by atoms with E-state index in [9.17, 15) is 0 Å². The molecular formula is C25H46. The molecule has 0 bridgehead atoms. The van der Waals surface area contributed by atoms with Crippen LogP contribution in [0.2, 0.25) is 0 Å². The van der Waals surface area contributed by atoms with Crippen LogP contribution < -0.4 is 0 Å². The van der Waals surface area contributed by atoms with Gasteiger partial charge in [0.05, 0.1) is 0 Å². The largest absolute Gasteiger partial charge is 0.0654 e. The summed E-state index contributed by atoms with van der Waals surface area (Å²) < 4.78 is 0. The molecule has 1 atom stereocenters. The summed E-state index contributed by atoms with van der Waals surface area (Å²) in [4.78, 5) is 0. The first kappa shape index (κ1) is 19.8. The van der Waals surface area contributed by atoms with Gasteiger partial charge in [-0.3, -0.25) is 0 Å². The minimum Gasteiger partial charge on any atom is -0.0654 e. The fraction of sp³-hybridized carbons (Fsp3) is 1.00. The summed E-state index contributed by atoms with van der Waals surface area (Å²) in [5.74, 6) is 4.18. The van der Waals surface area contributed by atoms with Crippen LogP contribution in [0, 0.1) is 29.1 Å². The van der Waals surface area contributed by atoms with Crippen molar-refractivity contribution in [3.05, 3.63) is 0 Å². The van der Waals surface area contributed by atoms with Crippen molar-refractivity contribution in [2.75, 3.05) is 0 Å². The lowest BCUT2D eigenvalue weighted by Crippen LogP contribution is -2.51. The molecule has 0 heterocycles. The second-order valence-corrected chi connectivity index (χ2v) is 10.0. The fourth-order valence-corrected chi connectivity index (χ4v) is 7.78. The van der Waals surface area contributed by atoms with E-state index >= 15 is 0 Å². The molecule has 0 amide bonds. The summed E-state index contributed by atoms with van der Waals surface area (Å²) in [6.45, 7) is 5.11. The molecule has 3 saturated carbocycles. The monoisotopic (exact) mass is 346 g/mol. The van der Waals surface area contributed by atoms with Crippen molar-refractivity contribution in [3.8, 4) is 0 Å². The molecule has 25 heavy (non-hydrogen) atoms. The fourth-order valence-electron chi connectivity index (χ4n) is 7.78. The van der Waals surface area contributed by atoms with Crippen LogP contribution >= 0.6 is 0 Å². The van der Waals surface area contributed by atoms with Gasteiger partial charge in [0.15, 0.2) is 0 Å². The summed E-state index contributed by atoms with van der Waals surface area (Å²) in [6, 6.07) is 0. The Bertz CT molecular complexity index is 307. The average molecular weight is 347 g/mol. The zero-order chi connectivity index (χ0) is 17.5. The molecule has 3 fully saturated rings. The Morgan fingerprint density at radius 1 is 0.640 bits per heavy atom. The topological polar surface area (TPSA) is 0 Å². The van der Waals surface area contributed by atoms with E-state index in [-0.39, 0.29) is 0 Å². The van der Waals surface area contributed by atoms with Gasteiger partial charge in [0.2, 0.25) is 0 Å². The molecule has 0 saturated heterocycles. The summed E-state index contributed by atoms with van der Waals surface area (Å²) in [5.41, 5.74) is 0.719. The Labute approximate surface area is 158 Å². The standard InChI is InChI=1S/C25H46/c1-3-4-14-21(2)25(22-15-8-5-9-16-22,23-17-10-6-11-18-23)24-19-12-7-13-20-24/h21-24H,3-20H2,1-2H3. The van der Waals surface area contributed by atoms with E-state index < -0.39 is 0 Å². The molecule has 3 aliphatic rings. The van der Waals surface area contributed by atoms with Gasteiger partial charge in [-0.05, 0) is 67.6 Å². The van der Waals surface area contributed by atoms with E-state index in [4.69, 9.17) is 0 Å². The lowest BCUT2D eigenvalue weighted by Gasteiger charge is -2.58. The van der Waals surface area contributed by atoms with Crippen LogP contribution in [0.1, 0.15) is 129 Å². The average Bonchev–Trinajstić information content (AvgIpc) is 2.69. The Kier molecular flexibility index (Phi) is 7.74. The van der Waals surface area contributed by atoms with Crippen LogP contribution in [0.3, 0.4) is 0 Å². The molecule has 0 nitrogen and oxygen atoms in total. The lowest BCUT2D eigenvalue weighted by molar-refractivity contribution is -0.0938. The van der Waals surface area contributed by atoms with Gasteiger partial charge in [0.25, 0.3) is 0 Å². The first-order chi connectivity index (χ1) is 12.3. The van der Waals surface area contributed by atoms with Crippen molar-refractivity contribution in [1.82, 2.24) is 0 Å². The molecule has 0 aromatic rings. The summed E-state index contributed by atoms with van der Waals surface area (Å²) in [5, 5.41) is 0. The summed E-state index contributed by atoms with van der Waals surface area (Å²) in [6.07, 6.45) is 27.6. The Hall–Kier alpha value is 0. The van der Waals surface area contributed by atoms with Gasteiger partial charge in [0, 0.05) is 0 Å². The van der Waals surface area contributed by atoms with E-state index in [0.717, 1.165) is 29.1 Å². The number of unbranched alkanes of at least 4 members (excludes halogenated alkanes) is 1. The highest BCUT2D eigenvalue weighted by Crippen LogP contribution is 2.61. The van der Waals surface area contributed by atoms with Gasteiger partial charge in [-0.2, -0.15) is 0 Å². The van der Waals surface area contributed by atoms with E-state index in [2.05, 4.69) is 13.8 Å². The van der Waals surface area contributed by atoms with Crippen molar-refractivity contribution < 1.29 is 0 Å². The molecule has 0 radical (unpaired) electrons. The number of hydrogen-bond donors (Lipinski definition) is 0. The van der Waals surface area contributed by atoms with E-state index in [1.807, 2.05) is 0 Å². The molecule has 0 aromatic heterocycles. The van der Waals surface area contributed by atoms with Gasteiger partial charge in [-0.15, -0.1) is 0 Å². The van der Waals surface area contributed by atoms with Crippen molar-refractivity contribution in [2.24, 2.45) is 29.1 Å². The highest BCUT2D eigenvalue weighted by Gasteiger charge is 2.53. The van der Waals surface area contributed by atoms with Crippen LogP contribution in [0.5, 0.6) is 0 Å². The first-order valence-corrected chi connectivity index (χ1v) is 12.3. The first-order valence-electron chi connectivity index (χ1n) is 12.3. The van der Waals surface area contributed by atoms with Crippen molar-refractivity contribution in [2.45, 2.75) is 129 Å². The molecule has 1 unspecified atom stereocenters. The second kappa shape index (κ2) is 9.80. The van der Waals surface area contributed by atoms with E-state index in [0.29, 0.717) is 0 Å². The SMILES string of the molecule is CCCCC(C)C(C1CCCCC1)(C1CCCCC1)C1CCCCC1. The van der Waals surface area contributed by atoms with Crippen LogP contribution in [-0.4, -0.2) is 0 Å². The third kappa shape index (κ3) is 4.30. The third-order valence-corrected chi connectivity index (χ3v) is 8.78. The molecule has 3 rings (SSSR count). The van der Waals surface area contributed by atoms with Crippen LogP contribution in [0.4, 0.5) is 0 Å². The van der Waals surface area contributed by atoms with Crippen LogP contribution in [0.15, 0.2) is 0 Å². The predicted molar refractivity (Wildman–Crippen MR) is 111 cm³/mol. The smallest absolute Gasteiger partial charge is 0.0187 e. The normalized spacial score (nSPS) is 26.6. The van der Waals surface area contributed by atoms with Gasteiger partial charge < -0.3 is 0 Å². The maximum Gasteiger partial charge on any atom is -0.0187 e. The van der Waals surface area contributed by atoms with Crippen molar-refractivity contribution in [3.63, 3.8) is 0 Å². The van der Waals surface area contributed by atoms with Crippen molar-refractivity contribution in [1.29, 1.82) is 0 Å². The number of rotatable bonds is 7. The minimum atomic E-state index is 0.719. The second-order valence-electron chi connectivity index (χ2n) is 10.0. The zero-order valence-corrected chi connectivity index (χ0v) is 17.5. The molecule has 3 aliphatic carbocycles. The maximum atomic E-state index is 2.72. The Morgan fingerprint density at radius 3 is 1.32 bits per heavy atom. The molecule has 0 N–H and O–H groups in total. The van der Waals surface area contributed by atoms with Gasteiger partial charge in [0.1, 0.15) is 0 Å². The highest BCUT2D eigenvalue weighted by atomic mass is 14.6. The van der Waals surface area contributed by atoms with Gasteiger partial charge in [-0.1, -0.05) is 90.9 Å². The molecule has 0 aliphatic heterocycles. The Morgan fingerprint density at radius 2 is 1.00 bits per heavy atom. The van der Waals surface area contributed by atoms with Crippen molar-refractivity contribution >= 4 is 0 Å². The molecule has 0 spiro atoms. The summed E-state index contributed by atoms with van der Waals surface area (Å²) in [7, 11) is 0. The number of hydrogen-bond acceptors (Lipinski definition) is 0. The quantitative estimate of drug-likeness (QED) is 0.433. The van der Waals surface area contributed by atoms with Crippen LogP contribution in [0.25, 0.3) is 0 Å². The third-order valence-electron chi connectivity index (χ3n) is 8.78. The van der Waals surface area contributed by atoms with Gasteiger partial charge in [-0.25, -0.2) is 0 Å². The molecule has 0 heteroatoms.